The average Bonchev–Trinajstić information content (AvgIpc) is 2.55. The van der Waals surface area contributed by atoms with Gasteiger partial charge in [0.2, 0.25) is 0 Å². The number of azo groups is 1. The van der Waals surface area contributed by atoms with E-state index in [9.17, 15) is 20.0 Å². The van der Waals surface area contributed by atoms with Gasteiger partial charge < -0.3 is 10.1 Å². The highest BCUT2D eigenvalue weighted by Crippen LogP contribution is 2.34. The van der Waals surface area contributed by atoms with Gasteiger partial charge in [-0.1, -0.05) is 23.7 Å². The van der Waals surface area contributed by atoms with E-state index in [2.05, 4.69) is 15.2 Å². The molecule has 0 spiro atoms. The second kappa shape index (κ2) is 6.09. The Balaban J connectivity index is 2.12. The zero-order valence-electron chi connectivity index (χ0n) is 11.9. The topological polar surface area (TPSA) is 121 Å². The third-order valence-corrected chi connectivity index (χ3v) is 3.50. The van der Waals surface area contributed by atoms with E-state index in [0.29, 0.717) is 10.9 Å². The Morgan fingerprint density at radius 3 is 2.67 bits per heavy atom. The number of halogens is 1. The monoisotopic (exact) mass is 344 g/mol. The second-order valence-electron chi connectivity index (χ2n) is 4.79. The van der Waals surface area contributed by atoms with Crippen LogP contribution in [-0.2, 0) is 0 Å². The normalized spacial score (nSPS) is 11.2. The molecule has 1 aromatic heterocycles. The summed E-state index contributed by atoms with van der Waals surface area (Å²) in [6.45, 7) is 0. The number of nitrogens with one attached hydrogen (secondary N) is 1. The first kappa shape index (κ1) is 15.6. The quantitative estimate of drug-likeness (QED) is 0.420. The van der Waals surface area contributed by atoms with Crippen molar-refractivity contribution in [1.29, 1.82) is 0 Å². The third-order valence-electron chi connectivity index (χ3n) is 3.26. The number of benzene rings is 2. The second-order valence-corrected chi connectivity index (χ2v) is 5.22. The molecule has 0 aliphatic heterocycles. The first-order valence-corrected chi connectivity index (χ1v) is 7.05. The zero-order chi connectivity index (χ0) is 17.3. The molecule has 0 fully saturated rings. The molecule has 2 N–H and O–H groups in total. The van der Waals surface area contributed by atoms with Gasteiger partial charge in [0, 0.05) is 16.5 Å². The van der Waals surface area contributed by atoms with Crippen LogP contribution < -0.4 is 5.56 Å². The van der Waals surface area contributed by atoms with Crippen LogP contribution in [0.25, 0.3) is 10.9 Å². The summed E-state index contributed by atoms with van der Waals surface area (Å²) in [5.74, 6) is -0.352. The Morgan fingerprint density at radius 2 is 1.92 bits per heavy atom. The van der Waals surface area contributed by atoms with Crippen LogP contribution in [0.3, 0.4) is 0 Å². The summed E-state index contributed by atoms with van der Waals surface area (Å²) in [7, 11) is 0. The van der Waals surface area contributed by atoms with Gasteiger partial charge >= 0.3 is 0 Å². The van der Waals surface area contributed by atoms with Gasteiger partial charge in [-0.25, -0.2) is 0 Å². The molecular formula is C15H9ClN4O4. The van der Waals surface area contributed by atoms with E-state index in [4.69, 9.17) is 11.6 Å². The summed E-state index contributed by atoms with van der Waals surface area (Å²) in [6.07, 6.45) is 0. The number of aromatic hydroxyl groups is 1. The summed E-state index contributed by atoms with van der Waals surface area (Å²) >= 11 is 5.72. The van der Waals surface area contributed by atoms with E-state index in [1.807, 2.05) is 0 Å². The Labute approximate surface area is 139 Å². The van der Waals surface area contributed by atoms with Crippen LogP contribution in [0.15, 0.2) is 57.5 Å². The van der Waals surface area contributed by atoms with Crippen LogP contribution in [-0.4, -0.2) is 15.0 Å². The molecule has 0 aliphatic rings. The van der Waals surface area contributed by atoms with E-state index >= 15 is 0 Å². The van der Waals surface area contributed by atoms with Crippen molar-refractivity contribution in [1.82, 2.24) is 4.98 Å². The maximum atomic E-state index is 12.0. The number of H-pyrrole nitrogens is 1. The lowest BCUT2D eigenvalue weighted by Crippen LogP contribution is -2.04. The predicted octanol–water partition coefficient (Wildman–Crippen LogP) is 4.21. The number of rotatable bonds is 3. The Bertz CT molecular complexity index is 1050. The Morgan fingerprint density at radius 1 is 1.17 bits per heavy atom. The van der Waals surface area contributed by atoms with Crippen LogP contribution in [0.5, 0.6) is 5.75 Å². The van der Waals surface area contributed by atoms with Crippen LogP contribution in [0, 0.1) is 10.1 Å². The number of aromatic amines is 1. The predicted molar refractivity (Wildman–Crippen MR) is 88.5 cm³/mol. The molecule has 0 saturated heterocycles. The average molecular weight is 345 g/mol. The molecule has 2 aromatic carbocycles. The molecule has 120 valence electrons. The molecule has 0 saturated carbocycles. The van der Waals surface area contributed by atoms with Gasteiger partial charge in [-0.2, -0.15) is 0 Å². The van der Waals surface area contributed by atoms with Crippen LogP contribution in [0.1, 0.15) is 0 Å². The maximum absolute atomic E-state index is 12.0. The first-order valence-electron chi connectivity index (χ1n) is 6.67. The number of hydrogen-bond donors (Lipinski definition) is 2. The van der Waals surface area contributed by atoms with E-state index in [1.165, 1.54) is 12.1 Å². The fraction of sp³-hybridized carbons (Fsp3) is 0. The van der Waals surface area contributed by atoms with Crippen molar-refractivity contribution in [3.8, 4) is 5.75 Å². The van der Waals surface area contributed by atoms with Crippen molar-refractivity contribution in [3.63, 3.8) is 0 Å². The summed E-state index contributed by atoms with van der Waals surface area (Å²) in [4.78, 5) is 24.9. The van der Waals surface area contributed by atoms with Crippen LogP contribution in [0.4, 0.5) is 17.1 Å². The van der Waals surface area contributed by atoms with E-state index in [1.54, 1.807) is 24.3 Å². The van der Waals surface area contributed by atoms with Gasteiger partial charge in [0.1, 0.15) is 0 Å². The highest BCUT2D eigenvalue weighted by atomic mass is 35.5. The Kier molecular flexibility index (Phi) is 3.97. The van der Waals surface area contributed by atoms with Gasteiger partial charge in [-0.15, -0.1) is 10.2 Å². The standard InChI is InChI=1S/C15H9ClN4O4/c16-8-5-6-11(12(7-8)20(23)24)18-19-13-14(21)9-3-1-2-4-10(9)17-15(13)22/h1-7H,(H2,17,21,22). The summed E-state index contributed by atoms with van der Waals surface area (Å²) in [5.41, 5.74) is -1.000. The van der Waals surface area contributed by atoms with Crippen LogP contribution in [0.2, 0.25) is 5.02 Å². The fourth-order valence-corrected chi connectivity index (χ4v) is 2.31. The molecule has 9 heteroatoms. The van der Waals surface area contributed by atoms with Gasteiger partial charge in [0.05, 0.1) is 10.4 Å². The van der Waals surface area contributed by atoms with Gasteiger partial charge in [0.25, 0.3) is 11.2 Å². The Hall–Kier alpha value is -3.26. The van der Waals surface area contributed by atoms with E-state index in [0.717, 1.165) is 6.07 Å². The molecule has 1 heterocycles. The zero-order valence-corrected chi connectivity index (χ0v) is 12.7. The SMILES string of the molecule is O=c1[nH]c2ccccc2c(O)c1N=Nc1ccc(Cl)cc1[N+](=O)[O-]. The lowest BCUT2D eigenvalue weighted by Gasteiger charge is -2.03. The highest BCUT2D eigenvalue weighted by molar-refractivity contribution is 6.30. The van der Waals surface area contributed by atoms with Gasteiger partial charge in [-0.05, 0) is 24.3 Å². The number of nitro groups is 1. The summed E-state index contributed by atoms with van der Waals surface area (Å²) in [6, 6.07) is 10.5. The van der Waals surface area contributed by atoms with Crippen molar-refractivity contribution >= 4 is 39.6 Å². The highest BCUT2D eigenvalue weighted by Gasteiger charge is 2.15. The molecule has 8 nitrogen and oxygen atoms in total. The number of fused-ring (bicyclic) bond motifs is 1. The molecule has 0 aliphatic carbocycles. The van der Waals surface area contributed by atoms with Crippen LogP contribution >= 0.6 is 11.6 Å². The molecule has 24 heavy (non-hydrogen) atoms. The number of nitro benzene ring substituents is 1. The molecule has 0 radical (unpaired) electrons. The minimum Gasteiger partial charge on any atom is -0.505 e. The van der Waals surface area contributed by atoms with Crippen molar-refractivity contribution in [2.75, 3.05) is 0 Å². The van der Waals surface area contributed by atoms with Crippen molar-refractivity contribution in [2.24, 2.45) is 10.2 Å². The number of aromatic nitrogens is 1. The maximum Gasteiger partial charge on any atom is 0.298 e. The summed E-state index contributed by atoms with van der Waals surface area (Å²) in [5, 5.41) is 29.2. The van der Waals surface area contributed by atoms with Crippen molar-refractivity contribution in [2.45, 2.75) is 0 Å². The molecule has 0 atom stereocenters. The number of hydrogen-bond acceptors (Lipinski definition) is 6. The minimum atomic E-state index is -0.662. The number of nitrogens with zero attached hydrogens (tertiary/aromatic N) is 3. The molecule has 0 amide bonds. The van der Waals surface area contributed by atoms with E-state index < -0.39 is 10.5 Å². The smallest absolute Gasteiger partial charge is 0.298 e. The van der Waals surface area contributed by atoms with Crippen molar-refractivity contribution in [3.05, 3.63) is 68.0 Å². The van der Waals surface area contributed by atoms with Gasteiger partial charge in [0.15, 0.2) is 17.1 Å². The number of pyridine rings is 1. The molecule has 3 rings (SSSR count). The largest absolute Gasteiger partial charge is 0.505 e. The lowest BCUT2D eigenvalue weighted by molar-refractivity contribution is -0.384. The lowest BCUT2D eigenvalue weighted by atomic mass is 10.2. The van der Waals surface area contributed by atoms with E-state index in [-0.39, 0.29) is 27.8 Å². The minimum absolute atomic E-state index is 0.0867. The third kappa shape index (κ3) is 2.82. The molecule has 3 aromatic rings. The van der Waals surface area contributed by atoms with Crippen molar-refractivity contribution < 1.29 is 10.0 Å². The summed E-state index contributed by atoms with van der Waals surface area (Å²) < 4.78 is 0. The molecule has 0 unspecified atom stereocenters. The first-order chi connectivity index (χ1) is 11.5. The fourth-order valence-electron chi connectivity index (χ4n) is 2.14. The molecule has 0 bridgehead atoms. The number of para-hydroxylation sites is 1. The molecular weight excluding hydrogens is 336 g/mol. The van der Waals surface area contributed by atoms with Gasteiger partial charge in [-0.3, -0.25) is 14.9 Å².